The quantitative estimate of drug-likeness (QED) is 0.791. The maximum absolute atomic E-state index is 5.66. The number of benzene rings is 1. The summed E-state index contributed by atoms with van der Waals surface area (Å²) in [6.07, 6.45) is 1.12. The molecule has 0 aliphatic rings. The fourth-order valence-corrected chi connectivity index (χ4v) is 1.60. The van der Waals surface area contributed by atoms with Gasteiger partial charge in [0.05, 0.1) is 13.7 Å². The van der Waals surface area contributed by atoms with Crippen molar-refractivity contribution >= 4 is 0 Å². The predicted molar refractivity (Wildman–Crippen MR) is 70.8 cm³/mol. The van der Waals surface area contributed by atoms with E-state index in [0.717, 1.165) is 30.0 Å². The second-order valence-electron chi connectivity index (χ2n) is 4.07. The largest absolute Gasteiger partial charge is 0.493 e. The summed E-state index contributed by atoms with van der Waals surface area (Å²) in [5.74, 6) is 1.66. The van der Waals surface area contributed by atoms with Gasteiger partial charge in [0.1, 0.15) is 0 Å². The minimum Gasteiger partial charge on any atom is -0.493 e. The normalized spacial score (nSPS) is 12.2. The lowest BCUT2D eigenvalue weighted by Crippen LogP contribution is -2.24. The van der Waals surface area contributed by atoms with E-state index < -0.39 is 0 Å². The lowest BCUT2D eigenvalue weighted by molar-refractivity contribution is 0.306. The zero-order chi connectivity index (χ0) is 12.7. The van der Waals surface area contributed by atoms with Crippen LogP contribution >= 0.6 is 0 Å². The molecule has 0 radical (unpaired) electrons. The van der Waals surface area contributed by atoms with Gasteiger partial charge in [-0.2, -0.15) is 0 Å². The highest BCUT2D eigenvalue weighted by atomic mass is 16.5. The van der Waals surface area contributed by atoms with Crippen molar-refractivity contribution in [2.24, 2.45) is 0 Å². The molecule has 3 heteroatoms. The lowest BCUT2D eigenvalue weighted by atomic mass is 10.1. The molecular formula is C14H23NO2. The molecule has 0 spiro atoms. The van der Waals surface area contributed by atoms with Gasteiger partial charge in [0.25, 0.3) is 0 Å². The average molecular weight is 237 g/mol. The minimum absolute atomic E-state index is 0.510. The number of para-hydroxylation sites is 1. The molecule has 17 heavy (non-hydrogen) atoms. The van der Waals surface area contributed by atoms with Crippen LogP contribution in [0.3, 0.4) is 0 Å². The Hall–Kier alpha value is -1.22. The first-order valence-electron chi connectivity index (χ1n) is 6.24. The third-order valence-corrected chi connectivity index (χ3v) is 2.82. The van der Waals surface area contributed by atoms with Crippen LogP contribution in [0.2, 0.25) is 0 Å². The Morgan fingerprint density at radius 3 is 2.65 bits per heavy atom. The van der Waals surface area contributed by atoms with Crippen molar-refractivity contribution in [2.45, 2.75) is 39.8 Å². The molecule has 3 nitrogen and oxygen atoms in total. The van der Waals surface area contributed by atoms with E-state index in [0.29, 0.717) is 12.6 Å². The van der Waals surface area contributed by atoms with E-state index in [1.807, 2.05) is 19.1 Å². The Labute approximate surface area is 104 Å². The maximum Gasteiger partial charge on any atom is 0.165 e. The number of hydrogen-bond donors (Lipinski definition) is 1. The molecule has 0 aromatic heterocycles. The van der Waals surface area contributed by atoms with Gasteiger partial charge in [-0.05, 0) is 26.3 Å². The first-order chi connectivity index (χ1) is 8.22. The van der Waals surface area contributed by atoms with Crippen molar-refractivity contribution in [1.29, 1.82) is 0 Å². The molecule has 0 bridgehead atoms. The highest BCUT2D eigenvalue weighted by Crippen LogP contribution is 2.31. The van der Waals surface area contributed by atoms with E-state index in [1.165, 1.54) is 0 Å². The SMILES string of the molecule is CCOc1c(CN[C@@H](C)CC)cccc1OC. The van der Waals surface area contributed by atoms with Crippen molar-refractivity contribution in [2.75, 3.05) is 13.7 Å². The Bertz CT molecular complexity index is 339. The molecule has 0 saturated heterocycles. The van der Waals surface area contributed by atoms with Gasteiger partial charge in [-0.1, -0.05) is 19.1 Å². The van der Waals surface area contributed by atoms with E-state index >= 15 is 0 Å². The van der Waals surface area contributed by atoms with Crippen molar-refractivity contribution < 1.29 is 9.47 Å². The summed E-state index contributed by atoms with van der Waals surface area (Å²) in [6, 6.07) is 6.51. The van der Waals surface area contributed by atoms with Gasteiger partial charge < -0.3 is 14.8 Å². The molecule has 1 aromatic carbocycles. The second kappa shape index (κ2) is 7.17. The van der Waals surface area contributed by atoms with Crippen LogP contribution in [0.25, 0.3) is 0 Å². The van der Waals surface area contributed by atoms with Gasteiger partial charge in [0, 0.05) is 18.2 Å². The summed E-state index contributed by atoms with van der Waals surface area (Å²) in [6.45, 7) is 7.80. The summed E-state index contributed by atoms with van der Waals surface area (Å²) < 4.78 is 11.0. The summed E-state index contributed by atoms with van der Waals surface area (Å²) in [5, 5.41) is 3.46. The molecule has 1 atom stereocenters. The number of rotatable bonds is 7. The molecule has 0 heterocycles. The molecule has 1 rings (SSSR count). The topological polar surface area (TPSA) is 30.5 Å². The Balaban J connectivity index is 2.82. The third-order valence-electron chi connectivity index (χ3n) is 2.82. The van der Waals surface area contributed by atoms with Crippen molar-refractivity contribution in [3.05, 3.63) is 23.8 Å². The van der Waals surface area contributed by atoms with Crippen molar-refractivity contribution in [3.63, 3.8) is 0 Å². The van der Waals surface area contributed by atoms with Gasteiger partial charge in [0.15, 0.2) is 11.5 Å². The van der Waals surface area contributed by atoms with Crippen molar-refractivity contribution in [1.82, 2.24) is 5.32 Å². The minimum atomic E-state index is 0.510. The Kier molecular flexibility index (Phi) is 5.84. The Morgan fingerprint density at radius 1 is 1.29 bits per heavy atom. The first-order valence-corrected chi connectivity index (χ1v) is 6.24. The summed E-state index contributed by atoms with van der Waals surface area (Å²) in [5.41, 5.74) is 1.14. The van der Waals surface area contributed by atoms with E-state index in [1.54, 1.807) is 7.11 Å². The molecule has 1 N–H and O–H groups in total. The maximum atomic E-state index is 5.66. The first kappa shape index (κ1) is 13.8. The van der Waals surface area contributed by atoms with Gasteiger partial charge in [-0.15, -0.1) is 0 Å². The highest BCUT2D eigenvalue weighted by Gasteiger charge is 2.10. The standard InChI is InChI=1S/C14H23NO2/c1-5-11(3)15-10-12-8-7-9-13(16-4)14(12)17-6-2/h7-9,11,15H,5-6,10H2,1-4H3/t11-/m0/s1. The zero-order valence-corrected chi connectivity index (χ0v) is 11.2. The summed E-state index contributed by atoms with van der Waals surface area (Å²) in [4.78, 5) is 0. The number of methoxy groups -OCH3 is 1. The monoisotopic (exact) mass is 237 g/mol. The van der Waals surface area contributed by atoms with Gasteiger partial charge >= 0.3 is 0 Å². The number of hydrogen-bond acceptors (Lipinski definition) is 3. The van der Waals surface area contributed by atoms with Crippen LogP contribution in [0.1, 0.15) is 32.8 Å². The van der Waals surface area contributed by atoms with Crippen LogP contribution in [-0.2, 0) is 6.54 Å². The van der Waals surface area contributed by atoms with Gasteiger partial charge in [-0.25, -0.2) is 0 Å². The van der Waals surface area contributed by atoms with Crippen LogP contribution in [0.5, 0.6) is 11.5 Å². The fourth-order valence-electron chi connectivity index (χ4n) is 1.60. The van der Waals surface area contributed by atoms with Crippen LogP contribution in [0.4, 0.5) is 0 Å². The lowest BCUT2D eigenvalue weighted by Gasteiger charge is -2.16. The molecule has 1 aromatic rings. The molecule has 0 fully saturated rings. The van der Waals surface area contributed by atoms with E-state index in [4.69, 9.17) is 9.47 Å². The van der Waals surface area contributed by atoms with Crippen molar-refractivity contribution in [3.8, 4) is 11.5 Å². The summed E-state index contributed by atoms with van der Waals surface area (Å²) in [7, 11) is 1.67. The summed E-state index contributed by atoms with van der Waals surface area (Å²) >= 11 is 0. The van der Waals surface area contributed by atoms with E-state index in [9.17, 15) is 0 Å². The zero-order valence-electron chi connectivity index (χ0n) is 11.2. The average Bonchev–Trinajstić information content (AvgIpc) is 2.37. The van der Waals surface area contributed by atoms with Crippen LogP contribution in [0, 0.1) is 0 Å². The molecule has 0 amide bonds. The molecule has 0 unspecified atom stereocenters. The highest BCUT2D eigenvalue weighted by molar-refractivity contribution is 5.46. The molecule has 96 valence electrons. The third kappa shape index (κ3) is 3.93. The smallest absolute Gasteiger partial charge is 0.165 e. The Morgan fingerprint density at radius 2 is 2.06 bits per heavy atom. The molecule has 0 aliphatic heterocycles. The van der Waals surface area contributed by atoms with Gasteiger partial charge in [0.2, 0.25) is 0 Å². The second-order valence-corrected chi connectivity index (χ2v) is 4.07. The van der Waals surface area contributed by atoms with Crippen LogP contribution in [-0.4, -0.2) is 19.8 Å². The molecule has 0 aliphatic carbocycles. The van der Waals surface area contributed by atoms with E-state index in [2.05, 4.69) is 25.2 Å². The van der Waals surface area contributed by atoms with Gasteiger partial charge in [-0.3, -0.25) is 0 Å². The molecule has 0 saturated carbocycles. The predicted octanol–water partition coefficient (Wildman–Crippen LogP) is 2.98. The number of ether oxygens (including phenoxy) is 2. The van der Waals surface area contributed by atoms with Crippen LogP contribution < -0.4 is 14.8 Å². The number of nitrogens with one attached hydrogen (secondary N) is 1. The molecular weight excluding hydrogens is 214 g/mol. The van der Waals surface area contributed by atoms with E-state index in [-0.39, 0.29) is 0 Å². The van der Waals surface area contributed by atoms with Crippen LogP contribution in [0.15, 0.2) is 18.2 Å². The fraction of sp³-hybridized carbons (Fsp3) is 0.571.